The van der Waals surface area contributed by atoms with Crippen LogP contribution >= 0.6 is 0 Å². The molecule has 2 N–H and O–H groups in total. The van der Waals surface area contributed by atoms with Crippen LogP contribution in [0.4, 0.5) is 8.78 Å². The molecule has 0 saturated carbocycles. The third-order valence-electron chi connectivity index (χ3n) is 2.64. The van der Waals surface area contributed by atoms with Crippen LogP contribution in [0.2, 0.25) is 0 Å². The second-order valence-corrected chi connectivity index (χ2v) is 4.25. The van der Waals surface area contributed by atoms with E-state index in [4.69, 9.17) is 4.52 Å². The zero-order valence-corrected chi connectivity index (χ0v) is 10.4. The summed E-state index contributed by atoms with van der Waals surface area (Å²) in [4.78, 5) is 0. The zero-order chi connectivity index (χ0) is 13.8. The van der Waals surface area contributed by atoms with Crippen molar-refractivity contribution in [1.82, 2.24) is 10.5 Å². The number of aromatic nitrogens is 1. The highest BCUT2D eigenvalue weighted by Gasteiger charge is 2.11. The Bertz CT molecular complexity index is 557. The number of aliphatic hydroxyl groups excluding tert-OH is 1. The van der Waals surface area contributed by atoms with E-state index in [2.05, 4.69) is 10.5 Å². The fourth-order valence-electron chi connectivity index (χ4n) is 1.67. The van der Waals surface area contributed by atoms with Gasteiger partial charge in [-0.15, -0.1) is 0 Å². The smallest absolute Gasteiger partial charge is 0.159 e. The van der Waals surface area contributed by atoms with Gasteiger partial charge in [-0.05, 0) is 24.6 Å². The molecule has 1 heterocycles. The van der Waals surface area contributed by atoms with E-state index in [0.29, 0.717) is 17.9 Å². The molecule has 1 aromatic heterocycles. The van der Waals surface area contributed by atoms with Crippen LogP contribution in [0.3, 0.4) is 0 Å². The Balaban J connectivity index is 1.86. The van der Waals surface area contributed by atoms with Gasteiger partial charge in [-0.2, -0.15) is 0 Å². The van der Waals surface area contributed by atoms with Crippen LogP contribution in [-0.4, -0.2) is 16.8 Å². The second-order valence-electron chi connectivity index (χ2n) is 4.25. The average Bonchev–Trinajstić information content (AvgIpc) is 2.78. The van der Waals surface area contributed by atoms with Crippen molar-refractivity contribution >= 4 is 0 Å². The summed E-state index contributed by atoms with van der Waals surface area (Å²) in [6, 6.07) is 5.11. The second kappa shape index (κ2) is 5.90. The molecule has 0 aliphatic rings. The molecule has 1 unspecified atom stereocenters. The van der Waals surface area contributed by atoms with Crippen molar-refractivity contribution in [2.24, 2.45) is 0 Å². The molecular weight excluding hydrogens is 254 g/mol. The molecule has 1 aromatic carbocycles. The summed E-state index contributed by atoms with van der Waals surface area (Å²) >= 11 is 0. The molecule has 19 heavy (non-hydrogen) atoms. The van der Waals surface area contributed by atoms with Gasteiger partial charge in [0.2, 0.25) is 0 Å². The van der Waals surface area contributed by atoms with Crippen LogP contribution in [0.15, 0.2) is 28.8 Å². The number of aliphatic hydroxyl groups is 1. The molecule has 2 rings (SSSR count). The fourth-order valence-corrected chi connectivity index (χ4v) is 1.67. The molecule has 102 valence electrons. The van der Waals surface area contributed by atoms with Crippen molar-refractivity contribution in [2.75, 3.05) is 6.54 Å². The Kier molecular flexibility index (Phi) is 4.24. The van der Waals surface area contributed by atoms with Gasteiger partial charge in [0, 0.05) is 12.6 Å². The minimum Gasteiger partial charge on any atom is -0.387 e. The normalized spacial score (nSPS) is 12.6. The third kappa shape index (κ3) is 3.59. The van der Waals surface area contributed by atoms with Crippen LogP contribution in [0.1, 0.15) is 23.1 Å². The van der Waals surface area contributed by atoms with Gasteiger partial charge in [0.15, 0.2) is 17.4 Å². The molecule has 0 fully saturated rings. The van der Waals surface area contributed by atoms with Crippen molar-refractivity contribution < 1.29 is 18.4 Å². The Morgan fingerprint density at radius 3 is 2.74 bits per heavy atom. The molecule has 4 nitrogen and oxygen atoms in total. The first-order valence-electron chi connectivity index (χ1n) is 5.82. The van der Waals surface area contributed by atoms with Gasteiger partial charge in [-0.1, -0.05) is 11.2 Å². The van der Waals surface area contributed by atoms with Gasteiger partial charge in [-0.3, -0.25) is 0 Å². The SMILES string of the molecule is Cc1cc(CNCC(O)c2ccc(F)c(F)c2)on1. The Labute approximate surface area is 109 Å². The van der Waals surface area contributed by atoms with Crippen molar-refractivity contribution in [3.63, 3.8) is 0 Å². The van der Waals surface area contributed by atoms with Gasteiger partial charge in [0.25, 0.3) is 0 Å². The Hall–Kier alpha value is -1.79. The predicted molar refractivity (Wildman–Crippen MR) is 64.3 cm³/mol. The summed E-state index contributed by atoms with van der Waals surface area (Å²) in [6.07, 6.45) is -0.917. The van der Waals surface area contributed by atoms with Crippen molar-refractivity contribution in [1.29, 1.82) is 0 Å². The molecule has 0 aliphatic heterocycles. The van der Waals surface area contributed by atoms with E-state index in [1.807, 2.05) is 6.92 Å². The number of nitrogens with zero attached hydrogens (tertiary/aromatic N) is 1. The molecular formula is C13H14F2N2O2. The molecule has 6 heteroatoms. The molecule has 0 amide bonds. The summed E-state index contributed by atoms with van der Waals surface area (Å²) < 4.78 is 30.7. The van der Waals surface area contributed by atoms with Gasteiger partial charge in [-0.25, -0.2) is 8.78 Å². The average molecular weight is 268 g/mol. The highest BCUT2D eigenvalue weighted by Crippen LogP contribution is 2.15. The number of nitrogens with one attached hydrogen (secondary N) is 1. The highest BCUT2D eigenvalue weighted by molar-refractivity contribution is 5.20. The first-order chi connectivity index (χ1) is 9.06. The van der Waals surface area contributed by atoms with Crippen molar-refractivity contribution in [2.45, 2.75) is 19.6 Å². The quantitative estimate of drug-likeness (QED) is 0.871. The molecule has 0 aliphatic carbocycles. The maximum atomic E-state index is 13.0. The lowest BCUT2D eigenvalue weighted by Gasteiger charge is -2.11. The topological polar surface area (TPSA) is 58.3 Å². The van der Waals surface area contributed by atoms with Gasteiger partial charge in [0.1, 0.15) is 0 Å². The van der Waals surface area contributed by atoms with E-state index < -0.39 is 17.7 Å². The summed E-state index contributed by atoms with van der Waals surface area (Å²) in [5.74, 6) is -1.25. The Morgan fingerprint density at radius 2 is 2.11 bits per heavy atom. The highest BCUT2D eigenvalue weighted by atomic mass is 19.2. The lowest BCUT2D eigenvalue weighted by molar-refractivity contribution is 0.172. The number of rotatable bonds is 5. The van der Waals surface area contributed by atoms with Gasteiger partial charge < -0.3 is 14.9 Å². The maximum Gasteiger partial charge on any atom is 0.159 e. The molecule has 1 atom stereocenters. The maximum absolute atomic E-state index is 13.0. The predicted octanol–water partition coefficient (Wildman–Crippen LogP) is 2.08. The molecule has 0 spiro atoms. The fraction of sp³-hybridized carbons (Fsp3) is 0.308. The summed E-state index contributed by atoms with van der Waals surface area (Å²) in [7, 11) is 0. The summed E-state index contributed by atoms with van der Waals surface area (Å²) in [5.41, 5.74) is 1.10. The Morgan fingerprint density at radius 1 is 1.32 bits per heavy atom. The number of halogens is 2. The van der Waals surface area contributed by atoms with E-state index in [1.165, 1.54) is 6.07 Å². The molecule has 2 aromatic rings. The zero-order valence-electron chi connectivity index (χ0n) is 10.4. The van der Waals surface area contributed by atoms with E-state index in [1.54, 1.807) is 6.07 Å². The lowest BCUT2D eigenvalue weighted by Crippen LogP contribution is -2.21. The van der Waals surface area contributed by atoms with E-state index in [9.17, 15) is 13.9 Å². The van der Waals surface area contributed by atoms with Crippen LogP contribution in [0, 0.1) is 18.6 Å². The first-order valence-corrected chi connectivity index (χ1v) is 5.82. The van der Waals surface area contributed by atoms with Crippen LogP contribution in [-0.2, 0) is 6.54 Å². The molecule has 0 saturated heterocycles. The standard InChI is InChI=1S/C13H14F2N2O2/c1-8-4-10(19-17-8)6-16-7-13(18)9-2-3-11(14)12(15)5-9/h2-5,13,16,18H,6-7H2,1H3. The molecule has 0 radical (unpaired) electrons. The van der Waals surface area contributed by atoms with Crippen LogP contribution in [0.25, 0.3) is 0 Å². The number of aryl methyl sites for hydroxylation is 1. The monoisotopic (exact) mass is 268 g/mol. The van der Waals surface area contributed by atoms with Crippen molar-refractivity contribution in [3.05, 3.63) is 52.9 Å². The largest absolute Gasteiger partial charge is 0.387 e. The lowest BCUT2D eigenvalue weighted by atomic mass is 10.1. The molecule has 0 bridgehead atoms. The summed E-state index contributed by atoms with van der Waals surface area (Å²) in [5, 5.41) is 16.5. The van der Waals surface area contributed by atoms with Crippen molar-refractivity contribution in [3.8, 4) is 0 Å². The van der Waals surface area contributed by atoms with E-state index in [0.717, 1.165) is 17.8 Å². The number of hydrogen-bond donors (Lipinski definition) is 2. The van der Waals surface area contributed by atoms with E-state index in [-0.39, 0.29) is 6.54 Å². The first kappa shape index (κ1) is 13.6. The summed E-state index contributed by atoms with van der Waals surface area (Å²) in [6.45, 7) is 2.41. The van der Waals surface area contributed by atoms with Gasteiger partial charge in [0.05, 0.1) is 18.3 Å². The minimum absolute atomic E-state index is 0.199. The number of hydrogen-bond acceptors (Lipinski definition) is 4. The van der Waals surface area contributed by atoms with Gasteiger partial charge >= 0.3 is 0 Å². The van der Waals surface area contributed by atoms with Crippen LogP contribution < -0.4 is 5.32 Å². The third-order valence-corrected chi connectivity index (χ3v) is 2.64. The number of benzene rings is 1. The minimum atomic E-state index is -0.970. The van der Waals surface area contributed by atoms with Crippen LogP contribution in [0.5, 0.6) is 0 Å². The van der Waals surface area contributed by atoms with E-state index >= 15 is 0 Å².